The molecule has 6 aliphatic rings. The van der Waals surface area contributed by atoms with E-state index < -0.39 is 40.0 Å². The lowest BCUT2D eigenvalue weighted by molar-refractivity contribution is -0.233. The number of carbonyl (C=O) groups excluding carboxylic acids is 4. The van der Waals surface area contributed by atoms with Crippen LogP contribution in [0.2, 0.25) is 5.02 Å². The monoisotopic (exact) mass is 777 g/mol. The van der Waals surface area contributed by atoms with Crippen LogP contribution in [-0.2, 0) is 34.2 Å². The summed E-state index contributed by atoms with van der Waals surface area (Å²) in [6, 6.07) is 0. The average Bonchev–Trinajstić information content (AvgIpc) is 3.80. The molecule has 0 aromatic carbocycles. The zero-order valence-electron chi connectivity index (χ0n) is 34.2. The van der Waals surface area contributed by atoms with Crippen LogP contribution < -0.4 is 5.32 Å². The second-order valence-electron chi connectivity index (χ2n) is 20.6. The van der Waals surface area contributed by atoms with Crippen molar-refractivity contribution in [1.82, 2.24) is 15.3 Å². The van der Waals surface area contributed by atoms with Crippen molar-refractivity contribution >= 4 is 41.0 Å². The van der Waals surface area contributed by atoms with E-state index >= 15 is 0 Å². The van der Waals surface area contributed by atoms with Gasteiger partial charge in [0.25, 0.3) is 5.91 Å². The molecule has 11 heteroatoms. The maximum atomic E-state index is 14.7. The van der Waals surface area contributed by atoms with E-state index in [-0.39, 0.29) is 58.2 Å². The summed E-state index contributed by atoms with van der Waals surface area (Å²) >= 11 is 6.04. The fourth-order valence-corrected chi connectivity index (χ4v) is 13.4. The molecule has 0 radical (unpaired) electrons. The Labute approximate surface area is 330 Å². The van der Waals surface area contributed by atoms with Crippen LogP contribution >= 0.6 is 11.6 Å². The van der Waals surface area contributed by atoms with Crippen molar-refractivity contribution in [3.05, 3.63) is 34.4 Å². The number of aliphatic carboxylic acids is 1. The maximum absolute atomic E-state index is 14.7. The normalized spacial score (nSPS) is 37.3. The molecule has 55 heavy (non-hydrogen) atoms. The van der Waals surface area contributed by atoms with Gasteiger partial charge in [0.15, 0.2) is 11.6 Å². The average molecular weight is 778 g/mol. The number of amides is 1. The number of carbonyl (C=O) groups is 5. The van der Waals surface area contributed by atoms with E-state index in [9.17, 15) is 29.1 Å². The summed E-state index contributed by atoms with van der Waals surface area (Å²) in [4.78, 5) is 76.5. The Hall–Kier alpha value is -3.14. The van der Waals surface area contributed by atoms with Gasteiger partial charge in [0.05, 0.1) is 22.3 Å². The number of nitrogens with zero attached hydrogens (tertiary/aromatic N) is 2. The van der Waals surface area contributed by atoms with Crippen molar-refractivity contribution in [3.8, 4) is 0 Å². The molecule has 1 amide bonds. The van der Waals surface area contributed by atoms with Gasteiger partial charge in [-0.1, -0.05) is 60.1 Å². The summed E-state index contributed by atoms with van der Waals surface area (Å²) in [5, 5.41) is 13.0. The van der Waals surface area contributed by atoms with Gasteiger partial charge in [-0.2, -0.15) is 0 Å². The van der Waals surface area contributed by atoms with Crippen LogP contribution in [0.4, 0.5) is 0 Å². The Morgan fingerprint density at radius 1 is 0.909 bits per heavy atom. The summed E-state index contributed by atoms with van der Waals surface area (Å²) in [5.74, 6) is -1.58. The van der Waals surface area contributed by atoms with Gasteiger partial charge in [-0.25, -0.2) is 9.97 Å². The van der Waals surface area contributed by atoms with Crippen molar-refractivity contribution in [2.24, 2.45) is 56.2 Å². The number of rotatable bonds is 9. The molecule has 8 atom stereocenters. The maximum Gasteiger partial charge on any atom is 0.309 e. The lowest BCUT2D eigenvalue weighted by Crippen LogP contribution is -2.66. The fraction of sp³-hybridized carbons (Fsp3) is 0.750. The van der Waals surface area contributed by atoms with E-state index in [0.29, 0.717) is 41.9 Å². The van der Waals surface area contributed by atoms with E-state index in [1.54, 1.807) is 13.8 Å². The van der Waals surface area contributed by atoms with Gasteiger partial charge in [0, 0.05) is 24.2 Å². The second-order valence-corrected chi connectivity index (χ2v) is 21.0. The fourth-order valence-electron chi connectivity index (χ4n) is 13.3. The van der Waals surface area contributed by atoms with Crippen LogP contribution in [0, 0.1) is 56.2 Å². The predicted molar refractivity (Wildman–Crippen MR) is 206 cm³/mol. The lowest BCUT2D eigenvalue weighted by atomic mass is 9.33. The first-order chi connectivity index (χ1) is 25.5. The van der Waals surface area contributed by atoms with Gasteiger partial charge in [-0.15, -0.1) is 0 Å². The topological polar surface area (TPSA) is 153 Å². The number of nitrogens with one attached hydrogen (secondary N) is 1. The molecule has 2 N–H and O–H groups in total. The second kappa shape index (κ2) is 12.9. The molecule has 1 heterocycles. The number of carboxylic acid groups (broad SMARTS) is 1. The van der Waals surface area contributed by atoms with Crippen LogP contribution in [0.15, 0.2) is 23.5 Å². The molecule has 1 aromatic rings. The molecule has 0 saturated heterocycles. The van der Waals surface area contributed by atoms with E-state index in [0.717, 1.165) is 56.1 Å². The van der Waals surface area contributed by atoms with Crippen LogP contribution in [0.25, 0.3) is 0 Å². The number of ketones is 2. The van der Waals surface area contributed by atoms with Crippen molar-refractivity contribution in [3.63, 3.8) is 0 Å². The predicted octanol–water partition coefficient (Wildman–Crippen LogP) is 8.20. The summed E-state index contributed by atoms with van der Waals surface area (Å²) in [6.07, 6.45) is 10.4. The van der Waals surface area contributed by atoms with Gasteiger partial charge in [-0.05, 0) is 129 Å². The van der Waals surface area contributed by atoms with Gasteiger partial charge in [-0.3, -0.25) is 24.0 Å². The third kappa shape index (κ3) is 5.87. The number of allylic oxidation sites excluding steroid dienone is 2. The molecule has 7 rings (SSSR count). The molecule has 0 unspecified atom stereocenters. The number of hydrogen-bond donors (Lipinski definition) is 2. The number of halogens is 1. The Bertz CT molecular complexity index is 1870. The minimum Gasteiger partial charge on any atom is -0.481 e. The highest BCUT2D eigenvalue weighted by atomic mass is 35.5. The number of ether oxygens (including phenoxy) is 1. The van der Waals surface area contributed by atoms with Gasteiger partial charge >= 0.3 is 11.9 Å². The van der Waals surface area contributed by atoms with Crippen molar-refractivity contribution in [1.29, 1.82) is 0 Å². The number of fused-ring (bicyclic) bond motifs is 7. The molecule has 5 saturated carbocycles. The summed E-state index contributed by atoms with van der Waals surface area (Å²) in [5.41, 5.74) is -2.06. The molecule has 5 fully saturated rings. The van der Waals surface area contributed by atoms with E-state index in [4.69, 9.17) is 16.3 Å². The summed E-state index contributed by atoms with van der Waals surface area (Å²) < 4.78 is 6.14. The summed E-state index contributed by atoms with van der Waals surface area (Å²) in [7, 11) is 0. The van der Waals surface area contributed by atoms with E-state index in [2.05, 4.69) is 49.9 Å². The molecule has 300 valence electrons. The molecule has 10 nitrogen and oxygen atoms in total. The quantitative estimate of drug-likeness (QED) is 0.187. The number of esters is 1. The molecule has 6 aliphatic carbocycles. The Morgan fingerprint density at radius 3 is 2.16 bits per heavy atom. The van der Waals surface area contributed by atoms with Gasteiger partial charge in [0.2, 0.25) is 5.78 Å². The van der Waals surface area contributed by atoms with Crippen LogP contribution in [-0.4, -0.2) is 50.6 Å². The third-order valence-electron chi connectivity index (χ3n) is 16.6. The third-order valence-corrected chi connectivity index (χ3v) is 16.8. The minimum absolute atomic E-state index is 0.000581. The SMILES string of the molecule is CC(C)C1=C2[C@H]3CC[C@@H]4[C@@]5(C)CC[C@H](OC(=O)CC(C)(C)C(=O)O)C(C)(C)[C@@H]5CC[C@@]4(C)[C@]3(C)CC[C@@]2(C(=O)C(=O)NC2(c3ncc(Cl)cn3)CC2)CC1=O. The Morgan fingerprint density at radius 2 is 1.56 bits per heavy atom. The van der Waals surface area contributed by atoms with Crippen LogP contribution in [0.1, 0.15) is 145 Å². The van der Waals surface area contributed by atoms with Crippen molar-refractivity contribution in [2.75, 3.05) is 0 Å². The number of Topliss-reactive ketones (excluding diaryl/α,β-unsaturated/α-hetero) is 2. The zero-order valence-corrected chi connectivity index (χ0v) is 35.0. The molecular formula is C44H60ClN3O7. The minimum atomic E-state index is -1.20. The zero-order chi connectivity index (χ0) is 40.3. The van der Waals surface area contributed by atoms with E-state index in [1.165, 1.54) is 12.4 Å². The smallest absolute Gasteiger partial charge is 0.309 e. The number of carboxylic acids is 1. The largest absolute Gasteiger partial charge is 0.481 e. The highest BCUT2D eigenvalue weighted by molar-refractivity contribution is 6.40. The molecular weight excluding hydrogens is 718 g/mol. The molecule has 1 aromatic heterocycles. The standard InChI is InChI=1S/C44H60ClN3O7/c1-24(2)32-27(49)20-43(34(51)35(52)48-44(18-19-44)36-46-22-25(45)23-47-36)17-16-41(8)26(33(32)43)10-11-29-40(7)14-13-30(55-31(50)21-38(3,4)37(53)54)39(5,6)28(40)12-15-42(29,41)9/h22-24,26,28-30H,10-21H2,1-9H3,(H,48,52)(H,53,54)/t26-,28+,29-,30+,40+,41-,42-,43-/m1/s1. The highest BCUT2D eigenvalue weighted by Gasteiger charge is 2.71. The first-order valence-corrected chi connectivity index (χ1v) is 20.9. The number of aromatic nitrogens is 2. The van der Waals surface area contributed by atoms with Crippen LogP contribution in [0.5, 0.6) is 0 Å². The first-order valence-electron chi connectivity index (χ1n) is 20.5. The van der Waals surface area contributed by atoms with Crippen molar-refractivity contribution < 1.29 is 33.8 Å². The van der Waals surface area contributed by atoms with Gasteiger partial charge < -0.3 is 15.2 Å². The Kier molecular flexibility index (Phi) is 9.43. The highest BCUT2D eigenvalue weighted by Crippen LogP contribution is 2.77. The molecule has 0 aliphatic heterocycles. The van der Waals surface area contributed by atoms with E-state index in [1.807, 2.05) is 13.8 Å². The van der Waals surface area contributed by atoms with Crippen molar-refractivity contribution in [2.45, 2.75) is 151 Å². The molecule has 0 spiro atoms. The van der Waals surface area contributed by atoms with Crippen LogP contribution in [0.3, 0.4) is 0 Å². The lowest BCUT2D eigenvalue weighted by Gasteiger charge is -2.72. The summed E-state index contributed by atoms with van der Waals surface area (Å²) in [6.45, 7) is 19.0. The first kappa shape index (κ1) is 40.1. The number of hydrogen-bond acceptors (Lipinski definition) is 8. The Balaban J connectivity index is 1.17. The molecule has 0 bridgehead atoms. The van der Waals surface area contributed by atoms with Gasteiger partial charge in [0.1, 0.15) is 11.6 Å².